The van der Waals surface area contributed by atoms with E-state index in [0.717, 1.165) is 25.9 Å². The van der Waals surface area contributed by atoms with Crippen LogP contribution in [-0.2, 0) is 9.47 Å². The van der Waals surface area contributed by atoms with Gasteiger partial charge >= 0.3 is 0 Å². The number of hydrogen-bond acceptors (Lipinski definition) is 4. The minimum Gasteiger partial charge on any atom is -0.382 e. The number of halogens is 1. The Labute approximate surface area is 124 Å². The first-order valence-corrected chi connectivity index (χ1v) is 7.28. The first-order chi connectivity index (χ1) is 10.1. The number of Topliss-reactive ketones (excluding diaryl/α,β-unsaturated/α-hetero) is 1. The van der Waals surface area contributed by atoms with Gasteiger partial charge in [-0.05, 0) is 31.9 Å². The van der Waals surface area contributed by atoms with Crippen molar-refractivity contribution in [3.8, 4) is 0 Å². The van der Waals surface area contributed by atoms with Gasteiger partial charge in [-0.1, -0.05) is 6.07 Å². The van der Waals surface area contributed by atoms with E-state index in [4.69, 9.17) is 9.47 Å². The minimum atomic E-state index is -0.446. The Kier molecular flexibility index (Phi) is 5.70. The number of piperidine rings is 1. The lowest BCUT2D eigenvalue weighted by Crippen LogP contribution is -2.38. The number of nitrogens with zero attached hydrogens (tertiary/aromatic N) is 1. The Hall–Kier alpha value is -1.46. The van der Waals surface area contributed by atoms with Gasteiger partial charge in [0.25, 0.3) is 0 Å². The summed E-state index contributed by atoms with van der Waals surface area (Å²) in [6, 6.07) is 4.80. The summed E-state index contributed by atoms with van der Waals surface area (Å²) in [5, 5.41) is 0. The van der Waals surface area contributed by atoms with Crippen molar-refractivity contribution in [3.05, 3.63) is 29.6 Å². The van der Waals surface area contributed by atoms with Crippen LogP contribution in [0, 0.1) is 5.82 Å². The van der Waals surface area contributed by atoms with Gasteiger partial charge in [0.15, 0.2) is 5.78 Å². The molecule has 0 amide bonds. The molecule has 0 aliphatic carbocycles. The van der Waals surface area contributed by atoms with E-state index in [1.54, 1.807) is 13.2 Å². The lowest BCUT2D eigenvalue weighted by atomic mass is 10.0. The number of anilines is 1. The molecule has 0 atom stereocenters. The van der Waals surface area contributed by atoms with Gasteiger partial charge in [-0.2, -0.15) is 0 Å². The number of ether oxygens (including phenoxy) is 2. The van der Waals surface area contributed by atoms with Crippen molar-refractivity contribution in [2.75, 3.05) is 38.3 Å². The van der Waals surface area contributed by atoms with Crippen LogP contribution in [0.15, 0.2) is 18.2 Å². The SMILES string of the molecule is COCCOC1CCN(c2cccc(F)c2C(C)=O)CC1. The number of hydrogen-bond donors (Lipinski definition) is 0. The molecule has 1 aromatic carbocycles. The average Bonchev–Trinajstić information content (AvgIpc) is 2.47. The molecule has 0 aromatic heterocycles. The van der Waals surface area contributed by atoms with E-state index in [9.17, 15) is 9.18 Å². The molecule has 1 aromatic rings. The Morgan fingerprint density at radius 2 is 2.05 bits per heavy atom. The summed E-state index contributed by atoms with van der Waals surface area (Å²) >= 11 is 0. The number of carbonyl (C=O) groups excluding carboxylic acids is 1. The van der Waals surface area contributed by atoms with Crippen LogP contribution in [0.25, 0.3) is 0 Å². The van der Waals surface area contributed by atoms with Gasteiger partial charge in [0, 0.05) is 20.2 Å². The van der Waals surface area contributed by atoms with Gasteiger partial charge in [0.05, 0.1) is 30.6 Å². The van der Waals surface area contributed by atoms with E-state index < -0.39 is 5.82 Å². The highest BCUT2D eigenvalue weighted by molar-refractivity contribution is 6.00. The maximum atomic E-state index is 13.9. The molecule has 1 saturated heterocycles. The van der Waals surface area contributed by atoms with Crippen molar-refractivity contribution in [2.45, 2.75) is 25.9 Å². The van der Waals surface area contributed by atoms with Crippen LogP contribution in [0.3, 0.4) is 0 Å². The van der Waals surface area contributed by atoms with Gasteiger partial charge in [0.1, 0.15) is 5.82 Å². The summed E-state index contributed by atoms with van der Waals surface area (Å²) in [6.45, 7) is 4.13. The van der Waals surface area contributed by atoms with E-state index in [-0.39, 0.29) is 17.5 Å². The smallest absolute Gasteiger partial charge is 0.164 e. The summed E-state index contributed by atoms with van der Waals surface area (Å²) in [4.78, 5) is 13.7. The molecule has 0 spiro atoms. The zero-order chi connectivity index (χ0) is 15.2. The van der Waals surface area contributed by atoms with Crippen molar-refractivity contribution < 1.29 is 18.7 Å². The van der Waals surface area contributed by atoms with Crippen molar-refractivity contribution in [2.24, 2.45) is 0 Å². The van der Waals surface area contributed by atoms with Crippen molar-refractivity contribution in [3.63, 3.8) is 0 Å². The molecule has 1 fully saturated rings. The second kappa shape index (κ2) is 7.52. The maximum Gasteiger partial charge on any atom is 0.164 e. The third kappa shape index (κ3) is 4.02. The third-order valence-electron chi connectivity index (χ3n) is 3.77. The Balaban J connectivity index is 1.99. The van der Waals surface area contributed by atoms with Crippen LogP contribution in [0.5, 0.6) is 0 Å². The molecule has 5 heteroatoms. The van der Waals surface area contributed by atoms with Gasteiger partial charge in [-0.25, -0.2) is 4.39 Å². The molecule has 21 heavy (non-hydrogen) atoms. The lowest BCUT2D eigenvalue weighted by molar-refractivity contribution is 0.00609. The van der Waals surface area contributed by atoms with Crippen LogP contribution in [0.2, 0.25) is 0 Å². The predicted molar refractivity (Wildman–Crippen MR) is 79.5 cm³/mol. The molecule has 0 saturated carbocycles. The lowest BCUT2D eigenvalue weighted by Gasteiger charge is -2.34. The van der Waals surface area contributed by atoms with Crippen LogP contribution in [0.4, 0.5) is 10.1 Å². The molecule has 116 valence electrons. The van der Waals surface area contributed by atoms with Crippen LogP contribution < -0.4 is 4.90 Å². The van der Waals surface area contributed by atoms with Crippen LogP contribution >= 0.6 is 0 Å². The summed E-state index contributed by atoms with van der Waals surface area (Å²) in [5.74, 6) is -0.681. The van der Waals surface area contributed by atoms with Gasteiger partial charge < -0.3 is 14.4 Å². The van der Waals surface area contributed by atoms with Crippen LogP contribution in [-0.4, -0.2) is 45.3 Å². The van der Waals surface area contributed by atoms with Crippen LogP contribution in [0.1, 0.15) is 30.1 Å². The Morgan fingerprint density at radius 3 is 2.67 bits per heavy atom. The molecule has 0 unspecified atom stereocenters. The second-order valence-electron chi connectivity index (χ2n) is 5.24. The highest BCUT2D eigenvalue weighted by Gasteiger charge is 2.23. The highest BCUT2D eigenvalue weighted by atomic mass is 19.1. The molecule has 1 heterocycles. The van der Waals surface area contributed by atoms with E-state index in [1.807, 2.05) is 6.07 Å². The Bertz CT molecular complexity index is 484. The average molecular weight is 295 g/mol. The number of rotatable bonds is 6. The molecular weight excluding hydrogens is 273 g/mol. The van der Waals surface area contributed by atoms with E-state index in [1.165, 1.54) is 13.0 Å². The van der Waals surface area contributed by atoms with E-state index in [2.05, 4.69) is 4.90 Å². The summed E-state index contributed by atoms with van der Waals surface area (Å²) < 4.78 is 24.5. The third-order valence-corrected chi connectivity index (χ3v) is 3.77. The number of ketones is 1. The van der Waals surface area contributed by atoms with Crippen molar-refractivity contribution in [1.29, 1.82) is 0 Å². The molecule has 0 N–H and O–H groups in total. The Morgan fingerprint density at radius 1 is 1.33 bits per heavy atom. The summed E-state index contributed by atoms with van der Waals surface area (Å²) in [5.41, 5.74) is 0.883. The number of carbonyl (C=O) groups is 1. The molecule has 0 radical (unpaired) electrons. The standard InChI is InChI=1S/C16H22FNO3/c1-12(19)16-14(17)4-3-5-15(16)18-8-6-13(7-9-18)21-11-10-20-2/h3-5,13H,6-11H2,1-2H3. The van der Waals surface area contributed by atoms with Crippen molar-refractivity contribution in [1.82, 2.24) is 0 Å². The first-order valence-electron chi connectivity index (χ1n) is 7.28. The second-order valence-corrected chi connectivity index (χ2v) is 5.24. The molecule has 2 rings (SSSR count). The number of methoxy groups -OCH3 is 1. The van der Waals surface area contributed by atoms with E-state index >= 15 is 0 Å². The maximum absolute atomic E-state index is 13.9. The minimum absolute atomic E-state index is 0.191. The quantitative estimate of drug-likeness (QED) is 0.597. The monoisotopic (exact) mass is 295 g/mol. The fourth-order valence-corrected chi connectivity index (χ4v) is 2.69. The number of benzene rings is 1. The molecule has 4 nitrogen and oxygen atoms in total. The van der Waals surface area contributed by atoms with E-state index in [0.29, 0.717) is 18.9 Å². The molecule has 1 aliphatic rings. The largest absolute Gasteiger partial charge is 0.382 e. The molecule has 0 bridgehead atoms. The fourth-order valence-electron chi connectivity index (χ4n) is 2.69. The summed E-state index contributed by atoms with van der Waals surface area (Å²) in [7, 11) is 1.65. The predicted octanol–water partition coefficient (Wildman–Crippen LogP) is 2.66. The molecule has 1 aliphatic heterocycles. The normalized spacial score (nSPS) is 16.2. The first kappa shape index (κ1) is 15.9. The highest BCUT2D eigenvalue weighted by Crippen LogP contribution is 2.27. The zero-order valence-corrected chi connectivity index (χ0v) is 12.6. The topological polar surface area (TPSA) is 38.8 Å². The van der Waals surface area contributed by atoms with Crippen molar-refractivity contribution >= 4 is 11.5 Å². The van der Waals surface area contributed by atoms with Gasteiger partial charge in [-0.3, -0.25) is 4.79 Å². The van der Waals surface area contributed by atoms with Gasteiger partial charge in [-0.15, -0.1) is 0 Å². The zero-order valence-electron chi connectivity index (χ0n) is 12.6. The van der Waals surface area contributed by atoms with Gasteiger partial charge in [0.2, 0.25) is 0 Å². The summed E-state index contributed by atoms with van der Waals surface area (Å²) in [6.07, 6.45) is 1.96. The fraction of sp³-hybridized carbons (Fsp3) is 0.562. The molecular formula is C16H22FNO3.